The molecule has 1 atom stereocenters. The molecule has 0 radical (unpaired) electrons. The maximum absolute atomic E-state index is 5.78. The minimum absolute atomic E-state index is 0.467. The molecule has 4 nitrogen and oxygen atoms in total. The minimum atomic E-state index is 0.467. The summed E-state index contributed by atoms with van der Waals surface area (Å²) in [4.78, 5) is 5.17. The Morgan fingerprint density at radius 2 is 1.79 bits per heavy atom. The second-order valence-electron chi connectivity index (χ2n) is 6.77. The minimum Gasteiger partial charge on any atom is -0.379 e. The molecule has 2 aliphatic heterocycles. The van der Waals surface area contributed by atoms with E-state index in [1.165, 1.54) is 39.0 Å². The zero-order chi connectivity index (χ0) is 13.7. The number of ether oxygens (including phenoxy) is 1. The van der Waals surface area contributed by atoms with E-state index in [-0.39, 0.29) is 0 Å². The molecule has 2 aliphatic rings. The van der Waals surface area contributed by atoms with E-state index in [1.54, 1.807) is 0 Å². The first-order chi connectivity index (χ1) is 9.12. The maximum Gasteiger partial charge on any atom is 0.0594 e. The molecule has 1 unspecified atom stereocenters. The number of hydrogen-bond acceptors (Lipinski definition) is 4. The van der Waals surface area contributed by atoms with Crippen LogP contribution >= 0.6 is 0 Å². The van der Waals surface area contributed by atoms with E-state index in [2.05, 4.69) is 23.6 Å². The van der Waals surface area contributed by atoms with Crippen LogP contribution in [0.15, 0.2) is 0 Å². The largest absolute Gasteiger partial charge is 0.379 e. The van der Waals surface area contributed by atoms with Crippen LogP contribution in [-0.4, -0.2) is 68.8 Å². The Balaban J connectivity index is 1.75. The van der Waals surface area contributed by atoms with Crippen LogP contribution in [0.5, 0.6) is 0 Å². The molecule has 112 valence electrons. The molecular weight excluding hydrogens is 238 g/mol. The van der Waals surface area contributed by atoms with Crippen molar-refractivity contribution >= 4 is 0 Å². The molecule has 0 bridgehead atoms. The van der Waals surface area contributed by atoms with Crippen LogP contribution < -0.4 is 5.73 Å². The van der Waals surface area contributed by atoms with E-state index in [4.69, 9.17) is 10.5 Å². The highest BCUT2D eigenvalue weighted by atomic mass is 16.5. The highest BCUT2D eigenvalue weighted by Crippen LogP contribution is 2.37. The van der Waals surface area contributed by atoms with Gasteiger partial charge in [-0.3, -0.25) is 4.90 Å². The molecule has 2 fully saturated rings. The van der Waals surface area contributed by atoms with Crippen molar-refractivity contribution in [3.05, 3.63) is 0 Å². The van der Waals surface area contributed by atoms with E-state index in [0.717, 1.165) is 38.8 Å². The monoisotopic (exact) mass is 269 g/mol. The van der Waals surface area contributed by atoms with Crippen LogP contribution in [0.25, 0.3) is 0 Å². The number of hydrogen-bond donors (Lipinski definition) is 1. The van der Waals surface area contributed by atoms with E-state index < -0.39 is 0 Å². The summed E-state index contributed by atoms with van der Waals surface area (Å²) >= 11 is 0. The van der Waals surface area contributed by atoms with Gasteiger partial charge in [-0.1, -0.05) is 13.8 Å². The van der Waals surface area contributed by atoms with E-state index in [0.29, 0.717) is 5.41 Å². The molecule has 0 amide bonds. The Labute approximate surface area is 118 Å². The summed E-state index contributed by atoms with van der Waals surface area (Å²) in [6.07, 6.45) is 2.47. The van der Waals surface area contributed by atoms with Crippen LogP contribution in [0, 0.1) is 11.3 Å². The topological polar surface area (TPSA) is 41.7 Å². The zero-order valence-corrected chi connectivity index (χ0v) is 12.7. The first kappa shape index (κ1) is 15.2. The second-order valence-corrected chi connectivity index (χ2v) is 6.77. The van der Waals surface area contributed by atoms with Gasteiger partial charge in [-0.25, -0.2) is 0 Å². The van der Waals surface area contributed by atoms with Gasteiger partial charge < -0.3 is 15.4 Å². The predicted molar refractivity (Wildman–Crippen MR) is 79.3 cm³/mol. The summed E-state index contributed by atoms with van der Waals surface area (Å²) in [7, 11) is 0. The summed E-state index contributed by atoms with van der Waals surface area (Å²) in [5.74, 6) is 0.760. The maximum atomic E-state index is 5.78. The smallest absolute Gasteiger partial charge is 0.0594 e. The van der Waals surface area contributed by atoms with Gasteiger partial charge in [0.05, 0.1) is 13.2 Å². The van der Waals surface area contributed by atoms with Crippen LogP contribution in [0.1, 0.15) is 26.7 Å². The Morgan fingerprint density at radius 3 is 2.47 bits per heavy atom. The quantitative estimate of drug-likeness (QED) is 0.809. The lowest BCUT2D eigenvalue weighted by Crippen LogP contribution is -2.48. The fraction of sp³-hybridized carbons (Fsp3) is 1.00. The molecule has 0 aromatic rings. The van der Waals surface area contributed by atoms with Crippen molar-refractivity contribution < 1.29 is 4.74 Å². The number of likely N-dealkylation sites (tertiary alicyclic amines) is 1. The summed E-state index contributed by atoms with van der Waals surface area (Å²) in [6.45, 7) is 14.5. The van der Waals surface area contributed by atoms with E-state index in [1.807, 2.05) is 0 Å². The number of nitrogens with zero attached hydrogens (tertiary/aromatic N) is 2. The highest BCUT2D eigenvalue weighted by Gasteiger charge is 2.34. The number of rotatable bonds is 5. The summed E-state index contributed by atoms with van der Waals surface area (Å²) in [5, 5.41) is 0. The Bertz CT molecular complexity index is 264. The van der Waals surface area contributed by atoms with Crippen molar-refractivity contribution in [3.8, 4) is 0 Å². The van der Waals surface area contributed by atoms with Gasteiger partial charge in [0.25, 0.3) is 0 Å². The molecular formula is C15H31N3O. The Morgan fingerprint density at radius 1 is 1.11 bits per heavy atom. The first-order valence-electron chi connectivity index (χ1n) is 7.84. The summed E-state index contributed by atoms with van der Waals surface area (Å²) in [5.41, 5.74) is 6.24. The molecule has 2 heterocycles. The van der Waals surface area contributed by atoms with Crippen molar-refractivity contribution in [2.75, 3.05) is 59.0 Å². The first-order valence-corrected chi connectivity index (χ1v) is 7.84. The van der Waals surface area contributed by atoms with Crippen molar-refractivity contribution in [3.63, 3.8) is 0 Å². The molecule has 0 saturated carbocycles. The van der Waals surface area contributed by atoms with Gasteiger partial charge in [0.1, 0.15) is 0 Å². The number of piperidine rings is 1. The van der Waals surface area contributed by atoms with Crippen molar-refractivity contribution in [2.24, 2.45) is 17.1 Å². The molecule has 2 N–H and O–H groups in total. The van der Waals surface area contributed by atoms with Crippen molar-refractivity contribution in [2.45, 2.75) is 26.7 Å². The fourth-order valence-corrected chi connectivity index (χ4v) is 3.29. The average molecular weight is 269 g/mol. The molecule has 0 aliphatic carbocycles. The number of nitrogens with two attached hydrogens (primary N) is 1. The molecule has 0 aromatic heterocycles. The third-order valence-corrected chi connectivity index (χ3v) is 5.01. The second kappa shape index (κ2) is 7.02. The average Bonchev–Trinajstić information content (AvgIpc) is 2.41. The normalized spacial score (nSPS) is 29.5. The molecule has 0 aromatic carbocycles. The Hall–Kier alpha value is -0.160. The third-order valence-electron chi connectivity index (χ3n) is 5.01. The Kier molecular flexibility index (Phi) is 5.63. The lowest BCUT2D eigenvalue weighted by atomic mass is 9.72. The van der Waals surface area contributed by atoms with Gasteiger partial charge >= 0.3 is 0 Å². The zero-order valence-electron chi connectivity index (χ0n) is 12.7. The molecule has 19 heavy (non-hydrogen) atoms. The van der Waals surface area contributed by atoms with Gasteiger partial charge in [0.2, 0.25) is 0 Å². The molecule has 4 heteroatoms. The summed E-state index contributed by atoms with van der Waals surface area (Å²) < 4.78 is 5.40. The number of morpholine rings is 1. The van der Waals surface area contributed by atoms with Crippen LogP contribution in [0.3, 0.4) is 0 Å². The fourth-order valence-electron chi connectivity index (χ4n) is 3.29. The lowest BCUT2D eigenvalue weighted by molar-refractivity contribution is 0.0191. The van der Waals surface area contributed by atoms with E-state index >= 15 is 0 Å². The molecule has 2 saturated heterocycles. The van der Waals surface area contributed by atoms with Crippen molar-refractivity contribution in [1.29, 1.82) is 0 Å². The molecule has 2 rings (SSSR count). The summed E-state index contributed by atoms with van der Waals surface area (Å²) in [6, 6.07) is 0. The van der Waals surface area contributed by atoms with Crippen LogP contribution in [-0.2, 0) is 4.74 Å². The standard InChI is InChI=1S/C15H31N3O/c1-15(2)4-6-18(13-14(15)3-5-16)8-7-17-9-11-19-12-10-17/h14H,3-13,16H2,1-2H3. The van der Waals surface area contributed by atoms with Crippen LogP contribution in [0.2, 0.25) is 0 Å². The third kappa shape index (κ3) is 4.42. The highest BCUT2D eigenvalue weighted by molar-refractivity contribution is 4.87. The lowest BCUT2D eigenvalue weighted by Gasteiger charge is -2.44. The van der Waals surface area contributed by atoms with Crippen LogP contribution in [0.4, 0.5) is 0 Å². The van der Waals surface area contributed by atoms with E-state index in [9.17, 15) is 0 Å². The van der Waals surface area contributed by atoms with Gasteiger partial charge in [0, 0.05) is 32.7 Å². The van der Waals surface area contributed by atoms with Gasteiger partial charge in [-0.15, -0.1) is 0 Å². The van der Waals surface area contributed by atoms with Gasteiger partial charge in [-0.05, 0) is 37.3 Å². The van der Waals surface area contributed by atoms with Crippen molar-refractivity contribution in [1.82, 2.24) is 9.80 Å². The van der Waals surface area contributed by atoms with Gasteiger partial charge in [-0.2, -0.15) is 0 Å². The predicted octanol–water partition coefficient (Wildman–Crippen LogP) is 1.02. The molecule has 0 spiro atoms. The SMILES string of the molecule is CC1(C)CCN(CCN2CCOCC2)CC1CCN. The van der Waals surface area contributed by atoms with Gasteiger partial charge in [0.15, 0.2) is 0 Å².